The molecule has 0 saturated heterocycles. The normalized spacial score (nSPS) is 19.9. The SMILES string of the molecule is CCN1/C(=C/C2=C([O-])C(=c3\ccc4ccc(C5=C([O-])/C(=c6\ccc7cccc8c7c6=[NH+]C(CC(C)C)(CC(C)C)N8)C5=O)c5c4c3=[NH+]C(CC(C)C)(CC(C)C)N5)/C2=O)Sc2c1ccc1ccccc21. The van der Waals surface area contributed by atoms with Crippen molar-refractivity contribution in [1.29, 1.82) is 0 Å². The summed E-state index contributed by atoms with van der Waals surface area (Å²) in [6.45, 7) is 20.3. The molecule has 0 aromatic heterocycles. The quantitative estimate of drug-likeness (QED) is 0.138. The number of benzene rings is 6. The van der Waals surface area contributed by atoms with Crippen LogP contribution >= 0.6 is 11.8 Å². The maximum Gasteiger partial charge on any atom is 0.235 e. The lowest BCUT2D eigenvalue weighted by Crippen LogP contribution is -2.96. The van der Waals surface area contributed by atoms with Gasteiger partial charge in [0, 0.05) is 65.0 Å². The Morgan fingerprint density at radius 3 is 1.79 bits per heavy atom. The fraction of sp³-hybridized carbons (Fsp3) is 0.333. The van der Waals surface area contributed by atoms with Gasteiger partial charge in [0.2, 0.25) is 22.0 Å². The standard InChI is InChI=1S/C60H61N5O4S/c1-10-65-44-25-21-35-14-11-12-16-38(35)58(44)70-45(65)26-42-54(66)48(55(42)67)39-23-19-37-20-24-41(53-47(37)52(39)63-60(64-53,29-33(6)7)30-34(8)9)50-56(68)49(57(50)69)40-22-18-36-15-13-17-43-46(36)51(40)62-59(61-43,27-31(2)3)28-32(4)5/h11-26,31-34,61,64,66,68H,10,27-30H2,1-9H3/b45-26-,48-39-,49-40-. The van der Waals surface area contributed by atoms with Gasteiger partial charge in [-0.3, -0.25) is 9.59 Å². The minimum Gasteiger partial charge on any atom is -0.871 e. The Bertz CT molecular complexity index is 3650. The van der Waals surface area contributed by atoms with E-state index in [1.807, 2.05) is 48.5 Å². The monoisotopic (exact) mass is 947 g/mol. The van der Waals surface area contributed by atoms with Crippen LogP contribution in [-0.4, -0.2) is 29.4 Å². The maximum absolute atomic E-state index is 15.0. The van der Waals surface area contributed by atoms with E-state index in [4.69, 9.17) is 0 Å². The number of rotatable bonds is 11. The highest BCUT2D eigenvalue weighted by Crippen LogP contribution is 2.50. The molecular weight excluding hydrogens is 887 g/mol. The van der Waals surface area contributed by atoms with Crippen LogP contribution in [0.25, 0.3) is 49.0 Å². The van der Waals surface area contributed by atoms with Crippen molar-refractivity contribution in [3.63, 3.8) is 0 Å². The summed E-state index contributed by atoms with van der Waals surface area (Å²) in [5.74, 6) is 0.0494. The molecule has 2 aliphatic carbocycles. The van der Waals surface area contributed by atoms with Crippen LogP contribution in [0.4, 0.5) is 17.1 Å². The van der Waals surface area contributed by atoms with Crippen LogP contribution in [0.15, 0.2) is 124 Å². The fourth-order valence-corrected chi connectivity index (χ4v) is 13.7. The van der Waals surface area contributed by atoms with E-state index in [9.17, 15) is 9.90 Å². The summed E-state index contributed by atoms with van der Waals surface area (Å²) >= 11 is 1.60. The molecular formula is C60H61N5O4S. The Balaban J connectivity index is 1.11. The van der Waals surface area contributed by atoms with Crippen LogP contribution in [-0.2, 0) is 9.59 Å². The molecule has 0 fully saturated rings. The Morgan fingerprint density at radius 2 is 1.17 bits per heavy atom. The van der Waals surface area contributed by atoms with Crippen LogP contribution in [0, 0.1) is 23.7 Å². The van der Waals surface area contributed by atoms with Crippen molar-refractivity contribution >= 4 is 89.4 Å². The number of allylic oxidation sites excluding steroid dienone is 5. The minimum absolute atomic E-state index is 0.139. The first-order valence-electron chi connectivity index (χ1n) is 25.2. The van der Waals surface area contributed by atoms with Gasteiger partial charge in [0.15, 0.2) is 11.6 Å². The zero-order valence-corrected chi connectivity index (χ0v) is 42.4. The highest BCUT2D eigenvalue weighted by atomic mass is 32.2. The summed E-state index contributed by atoms with van der Waals surface area (Å²) in [7, 11) is 0. The molecule has 70 heavy (non-hydrogen) atoms. The van der Waals surface area contributed by atoms with Gasteiger partial charge in [0.05, 0.1) is 43.3 Å². The second kappa shape index (κ2) is 16.8. The van der Waals surface area contributed by atoms with Crippen molar-refractivity contribution in [2.45, 2.75) is 104 Å². The lowest BCUT2D eigenvalue weighted by molar-refractivity contribution is -0.589. The number of thioether (sulfide) groups is 1. The number of nitrogens with one attached hydrogen (secondary N) is 4. The van der Waals surface area contributed by atoms with Crippen molar-refractivity contribution < 1.29 is 29.8 Å². The summed E-state index contributed by atoms with van der Waals surface area (Å²) in [5.41, 5.74) is 2.67. The maximum atomic E-state index is 15.0. The second-order valence-corrected chi connectivity index (χ2v) is 22.9. The van der Waals surface area contributed by atoms with E-state index < -0.39 is 11.3 Å². The molecule has 0 bridgehead atoms. The van der Waals surface area contributed by atoms with E-state index in [2.05, 4.69) is 130 Å². The van der Waals surface area contributed by atoms with Gasteiger partial charge in [-0.2, -0.15) is 0 Å². The number of hydrogen-bond donors (Lipinski definition) is 4. The van der Waals surface area contributed by atoms with E-state index in [1.54, 1.807) is 17.8 Å². The number of anilines is 3. The largest absolute Gasteiger partial charge is 0.871 e. The first-order chi connectivity index (χ1) is 33.5. The average molecular weight is 948 g/mol. The smallest absolute Gasteiger partial charge is 0.235 e. The summed E-state index contributed by atoms with van der Waals surface area (Å²) in [4.78, 5) is 40.6. The van der Waals surface area contributed by atoms with E-state index in [0.29, 0.717) is 58.3 Å². The zero-order chi connectivity index (χ0) is 49.1. The minimum atomic E-state index is -0.731. The predicted molar refractivity (Wildman–Crippen MR) is 279 cm³/mol. The van der Waals surface area contributed by atoms with Crippen LogP contribution in [0.5, 0.6) is 0 Å². The molecule has 10 heteroatoms. The molecule has 356 valence electrons. The molecule has 0 radical (unpaired) electrons. The zero-order valence-electron chi connectivity index (χ0n) is 41.6. The number of Topliss-reactive ketones (excluding diaryl/α,β-unsaturated/α-hetero) is 2. The van der Waals surface area contributed by atoms with Crippen LogP contribution < -0.4 is 56.9 Å². The van der Waals surface area contributed by atoms with Crippen LogP contribution in [0.3, 0.4) is 0 Å². The Hall–Kier alpha value is -6.65. The number of fused-ring (bicyclic) bond motifs is 3. The first-order valence-corrected chi connectivity index (χ1v) is 26.0. The lowest BCUT2D eigenvalue weighted by atomic mass is 9.79. The molecule has 9 nitrogen and oxygen atoms in total. The van der Waals surface area contributed by atoms with Crippen molar-refractivity contribution in [2.75, 3.05) is 22.1 Å². The van der Waals surface area contributed by atoms with Crippen LogP contribution in [0.1, 0.15) is 93.6 Å². The predicted octanol–water partition coefficient (Wildman–Crippen LogP) is 5.30. The van der Waals surface area contributed by atoms with Crippen LogP contribution in [0.2, 0.25) is 0 Å². The number of hydrogen-bond acceptors (Lipinski definition) is 8. The average Bonchev–Trinajstić information content (AvgIpc) is 3.67. The summed E-state index contributed by atoms with van der Waals surface area (Å²) in [6, 6.07) is 30.3. The third-order valence-corrected chi connectivity index (χ3v) is 15.8. The lowest BCUT2D eigenvalue weighted by Gasteiger charge is -2.37. The molecule has 0 atom stereocenters. The molecule has 3 heterocycles. The van der Waals surface area contributed by atoms with E-state index in [0.717, 1.165) is 71.8 Å². The highest BCUT2D eigenvalue weighted by Gasteiger charge is 2.44. The molecule has 0 amide bonds. The third kappa shape index (κ3) is 7.18. The molecule has 6 aromatic rings. The molecule has 0 saturated carbocycles. The Labute approximate surface area is 413 Å². The molecule has 0 unspecified atom stereocenters. The Kier molecular flexibility index (Phi) is 11.0. The van der Waals surface area contributed by atoms with Gasteiger partial charge in [-0.15, -0.1) is 0 Å². The number of ketones is 2. The van der Waals surface area contributed by atoms with Gasteiger partial charge >= 0.3 is 0 Å². The number of nitrogens with zero attached hydrogens (tertiary/aromatic N) is 1. The number of carbonyl (C=O) groups is 2. The fourth-order valence-electron chi connectivity index (χ4n) is 12.4. The van der Waals surface area contributed by atoms with E-state index in [-0.39, 0.29) is 57.2 Å². The van der Waals surface area contributed by atoms with Crippen molar-refractivity contribution in [1.82, 2.24) is 0 Å². The highest BCUT2D eigenvalue weighted by molar-refractivity contribution is 8.04. The molecule has 3 aliphatic heterocycles. The first kappa shape index (κ1) is 45.8. The van der Waals surface area contributed by atoms with Gasteiger partial charge in [0.1, 0.15) is 0 Å². The van der Waals surface area contributed by atoms with Gasteiger partial charge in [-0.1, -0.05) is 145 Å². The van der Waals surface area contributed by atoms with Gasteiger partial charge in [-0.05, 0) is 82.5 Å². The summed E-state index contributed by atoms with van der Waals surface area (Å²) in [5, 5.41) is 46.7. The molecule has 5 aliphatic rings. The second-order valence-electron chi connectivity index (χ2n) is 21.8. The topological polar surface area (TPSA) is 136 Å². The van der Waals surface area contributed by atoms with Crippen molar-refractivity contribution in [3.8, 4) is 0 Å². The van der Waals surface area contributed by atoms with Crippen molar-refractivity contribution in [3.05, 3.63) is 146 Å². The van der Waals surface area contributed by atoms with Gasteiger partial charge in [-0.25, -0.2) is 9.98 Å². The number of carbonyl (C=O) groups excluding carboxylic acids is 2. The van der Waals surface area contributed by atoms with Crippen molar-refractivity contribution in [2.24, 2.45) is 23.7 Å². The van der Waals surface area contributed by atoms with E-state index >= 15 is 9.90 Å². The molecule has 0 spiro atoms. The molecule has 6 aromatic carbocycles. The summed E-state index contributed by atoms with van der Waals surface area (Å²) < 4.78 is 0. The molecule has 11 rings (SSSR count). The van der Waals surface area contributed by atoms with Gasteiger partial charge in [0.25, 0.3) is 0 Å². The third-order valence-electron chi connectivity index (χ3n) is 14.6. The Morgan fingerprint density at radius 1 is 0.614 bits per heavy atom. The van der Waals surface area contributed by atoms with Gasteiger partial charge < -0.3 is 25.7 Å². The van der Waals surface area contributed by atoms with E-state index in [1.165, 1.54) is 0 Å². The molecule has 4 N–H and O–H groups in total. The summed E-state index contributed by atoms with van der Waals surface area (Å²) in [6.07, 6.45) is 4.85.